The van der Waals surface area contributed by atoms with E-state index in [1.54, 1.807) is 0 Å². The highest BCUT2D eigenvalue weighted by molar-refractivity contribution is 7.81. The van der Waals surface area contributed by atoms with Gasteiger partial charge < -0.3 is 0 Å². The Labute approximate surface area is 229 Å². The molecule has 8 heteroatoms. The van der Waals surface area contributed by atoms with Gasteiger partial charge in [0.1, 0.15) is 16.4 Å². The lowest BCUT2D eigenvalue weighted by atomic mass is 10.2. The first kappa shape index (κ1) is 25.7. The molecule has 0 unspecified atom stereocenters. The number of benzene rings is 4. The molecule has 188 valence electrons. The minimum absolute atomic E-state index is 0. The number of hydrazine groups is 2. The van der Waals surface area contributed by atoms with Gasteiger partial charge in [0.25, 0.3) is 0 Å². The van der Waals surface area contributed by atoms with Gasteiger partial charge in [0.05, 0.1) is 11.4 Å². The number of hydrogen-bond donors (Lipinski definition) is 2. The topological polar surface area (TPSA) is 64.7 Å². The summed E-state index contributed by atoms with van der Waals surface area (Å²) in [6.07, 6.45) is -0.443. The molecule has 0 radical (unpaired) electrons. The van der Waals surface area contributed by atoms with E-state index < -0.39 is 18.2 Å². The summed E-state index contributed by atoms with van der Waals surface area (Å²) in [5.41, 5.74) is 8.41. The lowest BCUT2D eigenvalue weighted by Crippen LogP contribution is -2.50. The highest BCUT2D eigenvalue weighted by Gasteiger charge is 2.21. The number of anilines is 2. The van der Waals surface area contributed by atoms with Crippen molar-refractivity contribution in [2.45, 2.75) is 6.42 Å². The smallest absolute Gasteiger partial charge is 0.248 e. The van der Waals surface area contributed by atoms with Crippen molar-refractivity contribution in [3.63, 3.8) is 0 Å². The first-order valence-electron chi connectivity index (χ1n) is 11.5. The van der Waals surface area contributed by atoms with Crippen LogP contribution < -0.4 is 20.9 Å². The van der Waals surface area contributed by atoms with Crippen molar-refractivity contribution < 1.29 is 12.4 Å². The number of carbonyl (C=O) groups excluding carboxylic acids is 2. The minimum atomic E-state index is -0.529. The van der Waals surface area contributed by atoms with Gasteiger partial charge in [0.15, 0.2) is 0 Å². The normalized spacial score (nSPS) is 10.2. The van der Waals surface area contributed by atoms with Crippen molar-refractivity contribution in [3.8, 4) is 0 Å². The average molecular weight is 529 g/mol. The fourth-order valence-electron chi connectivity index (χ4n) is 3.51. The van der Waals surface area contributed by atoms with E-state index in [4.69, 9.17) is 24.4 Å². The summed E-state index contributed by atoms with van der Waals surface area (Å²) in [5.74, 6) is -1.06. The Bertz CT molecular complexity index is 1270. The monoisotopic (exact) mass is 528 g/mol. The molecule has 0 aromatic heterocycles. The summed E-state index contributed by atoms with van der Waals surface area (Å²) in [6, 6.07) is 37.1. The molecule has 0 aliphatic heterocycles. The molecule has 0 spiro atoms. The van der Waals surface area contributed by atoms with E-state index in [0.29, 0.717) is 21.4 Å². The van der Waals surface area contributed by atoms with Gasteiger partial charge in [-0.2, -0.15) is 0 Å². The quantitative estimate of drug-likeness (QED) is 0.190. The summed E-state index contributed by atoms with van der Waals surface area (Å²) in [6.45, 7) is 0. The summed E-state index contributed by atoms with van der Waals surface area (Å²) < 4.78 is 0. The molecule has 0 saturated carbocycles. The largest absolute Gasteiger partial charge is 0.273 e. The van der Waals surface area contributed by atoms with Crippen LogP contribution in [-0.4, -0.2) is 21.8 Å². The van der Waals surface area contributed by atoms with Gasteiger partial charge in [-0.15, -0.1) is 0 Å². The Kier molecular flexibility index (Phi) is 8.70. The van der Waals surface area contributed by atoms with Crippen LogP contribution in [0.5, 0.6) is 0 Å². The van der Waals surface area contributed by atoms with Crippen molar-refractivity contribution in [2.75, 3.05) is 10.0 Å². The van der Waals surface area contributed by atoms with Gasteiger partial charge in [0, 0.05) is 14.0 Å². The van der Waals surface area contributed by atoms with E-state index in [9.17, 15) is 9.59 Å². The molecule has 0 fully saturated rings. The predicted molar refractivity (Wildman–Crippen MR) is 159 cm³/mol. The number of hydrogen-bond acceptors (Lipinski definition) is 4. The maximum absolute atomic E-state index is 13.0. The van der Waals surface area contributed by atoms with E-state index in [0.717, 1.165) is 11.1 Å². The Balaban J connectivity index is 0.00000267. The predicted octanol–water partition coefficient (Wildman–Crippen LogP) is 5.70. The minimum Gasteiger partial charge on any atom is -0.273 e. The number of nitrogens with zero attached hydrogens (tertiary/aromatic N) is 2. The van der Waals surface area contributed by atoms with Crippen LogP contribution in [0.1, 0.15) is 20.4 Å². The molecular formula is C29H28N4O2S2. The average Bonchev–Trinajstić information content (AvgIpc) is 2.96. The third-order valence-electron chi connectivity index (χ3n) is 5.27. The van der Waals surface area contributed by atoms with E-state index in [1.165, 1.54) is 10.0 Å². The van der Waals surface area contributed by atoms with Crippen LogP contribution in [0.3, 0.4) is 0 Å². The molecule has 2 N–H and O–H groups in total. The zero-order valence-electron chi connectivity index (χ0n) is 19.8. The lowest BCUT2D eigenvalue weighted by molar-refractivity contribution is -0.129. The Morgan fingerprint density at radius 2 is 0.838 bits per heavy atom. The van der Waals surface area contributed by atoms with Gasteiger partial charge in [-0.25, -0.2) is 10.0 Å². The van der Waals surface area contributed by atoms with Crippen molar-refractivity contribution in [1.29, 1.82) is 0 Å². The second-order valence-electron chi connectivity index (χ2n) is 7.93. The molecule has 2 amide bonds. The van der Waals surface area contributed by atoms with Crippen LogP contribution in [0.25, 0.3) is 0 Å². The molecule has 0 saturated heterocycles. The zero-order chi connectivity index (χ0) is 26.0. The standard InChI is InChI=1S/C29H24N4O2S2.2H2/c34-26(30-32(24-17-9-3-10-18-24)28(36)22-13-5-1-6-14-22)21-27(35)31-33(25-19-11-4-12-20-25)29(37)23-15-7-2-8-16-23;;/h1-20H,21H2,(H,30,34)(H,31,35);2*1H. The van der Waals surface area contributed by atoms with E-state index in [-0.39, 0.29) is 2.85 Å². The van der Waals surface area contributed by atoms with Gasteiger partial charge in [-0.05, 0) is 24.3 Å². The van der Waals surface area contributed by atoms with Gasteiger partial charge in [-0.1, -0.05) is 121 Å². The number of carbonyl (C=O) groups is 2. The molecule has 4 aromatic rings. The first-order valence-corrected chi connectivity index (χ1v) is 12.3. The molecular weight excluding hydrogens is 500 g/mol. The van der Waals surface area contributed by atoms with Crippen LogP contribution in [0, 0.1) is 0 Å². The van der Waals surface area contributed by atoms with Crippen molar-refractivity contribution >= 4 is 57.6 Å². The summed E-state index contributed by atoms with van der Waals surface area (Å²) in [4.78, 5) is 26.8. The number of nitrogens with one attached hydrogen (secondary N) is 2. The van der Waals surface area contributed by atoms with E-state index in [1.807, 2.05) is 121 Å². The van der Waals surface area contributed by atoms with Crippen LogP contribution in [0.2, 0.25) is 0 Å². The third kappa shape index (κ3) is 6.84. The maximum atomic E-state index is 13.0. The fraction of sp³-hybridized carbons (Fsp3) is 0.0345. The van der Waals surface area contributed by atoms with Crippen LogP contribution >= 0.6 is 24.4 Å². The Morgan fingerprint density at radius 1 is 0.541 bits per heavy atom. The van der Waals surface area contributed by atoms with Gasteiger partial charge in [0.2, 0.25) is 11.8 Å². The molecule has 0 heterocycles. The number of para-hydroxylation sites is 2. The third-order valence-corrected chi connectivity index (χ3v) is 6.11. The van der Waals surface area contributed by atoms with Crippen LogP contribution in [-0.2, 0) is 9.59 Å². The van der Waals surface area contributed by atoms with E-state index in [2.05, 4.69) is 10.9 Å². The lowest BCUT2D eigenvalue weighted by Gasteiger charge is -2.27. The molecule has 0 aliphatic carbocycles. The molecule has 0 atom stereocenters. The molecule has 0 bridgehead atoms. The number of amides is 2. The van der Waals surface area contributed by atoms with Crippen molar-refractivity contribution in [1.82, 2.24) is 10.9 Å². The van der Waals surface area contributed by atoms with Gasteiger partial charge in [-0.3, -0.25) is 20.4 Å². The second-order valence-corrected chi connectivity index (χ2v) is 8.70. The van der Waals surface area contributed by atoms with E-state index >= 15 is 0 Å². The summed E-state index contributed by atoms with van der Waals surface area (Å²) >= 11 is 11.3. The number of rotatable bonds is 6. The van der Waals surface area contributed by atoms with Crippen molar-refractivity contribution in [3.05, 3.63) is 132 Å². The summed E-state index contributed by atoms with van der Waals surface area (Å²) in [5, 5.41) is 3.01. The SMILES string of the molecule is O=C(CC(=O)NN(C(=S)c1ccccc1)c1ccccc1)NN(C(=S)c1ccccc1)c1ccccc1.[HH].[HH]. The Morgan fingerprint density at radius 3 is 1.16 bits per heavy atom. The molecule has 0 aliphatic rings. The molecule has 6 nitrogen and oxygen atoms in total. The van der Waals surface area contributed by atoms with Crippen LogP contribution in [0.15, 0.2) is 121 Å². The fourth-order valence-corrected chi connectivity index (χ4v) is 4.09. The number of thiocarbonyl (C=S) groups is 2. The highest BCUT2D eigenvalue weighted by Crippen LogP contribution is 2.17. The second kappa shape index (κ2) is 12.5. The summed E-state index contributed by atoms with van der Waals surface area (Å²) in [7, 11) is 0. The molecule has 4 rings (SSSR count). The van der Waals surface area contributed by atoms with Gasteiger partial charge >= 0.3 is 0 Å². The zero-order valence-corrected chi connectivity index (χ0v) is 21.4. The van der Waals surface area contributed by atoms with Crippen LogP contribution in [0.4, 0.5) is 11.4 Å². The first-order chi connectivity index (χ1) is 18.0. The molecule has 4 aromatic carbocycles. The molecule has 37 heavy (non-hydrogen) atoms. The Hall–Kier alpha value is -4.40. The highest BCUT2D eigenvalue weighted by atomic mass is 32.1. The van der Waals surface area contributed by atoms with Crippen molar-refractivity contribution in [2.24, 2.45) is 0 Å². The maximum Gasteiger partial charge on any atom is 0.248 e.